The number of nitrogens with one attached hydrogen (secondary N) is 1. The van der Waals surface area contributed by atoms with Crippen molar-refractivity contribution in [2.45, 2.75) is 57.2 Å². The highest BCUT2D eigenvalue weighted by Gasteiger charge is 2.43. The van der Waals surface area contributed by atoms with E-state index < -0.39 is 52.6 Å². The van der Waals surface area contributed by atoms with Crippen LogP contribution in [0.4, 0.5) is 22.0 Å². The third kappa shape index (κ3) is 7.73. The van der Waals surface area contributed by atoms with Gasteiger partial charge in [0.1, 0.15) is 5.56 Å². The maximum Gasteiger partial charge on any atom is 0.257 e. The van der Waals surface area contributed by atoms with Crippen molar-refractivity contribution in [1.29, 1.82) is 0 Å². The lowest BCUT2D eigenvalue weighted by Crippen LogP contribution is -2.50. The molecule has 0 bridgehead atoms. The summed E-state index contributed by atoms with van der Waals surface area (Å²) in [6.07, 6.45) is 0.475. The molecule has 53 heavy (non-hydrogen) atoms. The third-order valence-electron chi connectivity index (χ3n) is 10.3. The van der Waals surface area contributed by atoms with Crippen LogP contribution in [-0.2, 0) is 32.1 Å². The second-order valence-corrected chi connectivity index (χ2v) is 13.7. The molecule has 2 N–H and O–H groups in total. The molecule has 7 rings (SSSR count). The second kappa shape index (κ2) is 15.6. The molecule has 0 radical (unpaired) electrons. The Morgan fingerprint density at radius 1 is 0.792 bits per heavy atom. The first kappa shape index (κ1) is 37.1. The molecule has 3 fully saturated rings. The number of likely N-dealkylation sites (tertiary alicyclic amines) is 1. The molecule has 3 aliphatic rings. The molecule has 4 aromatic rings. The number of nitrogens with zero attached hydrogens (tertiary/aromatic N) is 1. The van der Waals surface area contributed by atoms with Crippen LogP contribution in [0.25, 0.3) is 11.1 Å². The Kier molecular flexibility index (Phi) is 10.9. The second-order valence-electron chi connectivity index (χ2n) is 13.7. The van der Waals surface area contributed by atoms with Gasteiger partial charge in [-0.2, -0.15) is 0 Å². The van der Waals surface area contributed by atoms with Gasteiger partial charge in [0.15, 0.2) is 35.3 Å². The van der Waals surface area contributed by atoms with Gasteiger partial charge in [-0.3, -0.25) is 4.79 Å². The molecule has 0 aliphatic carbocycles. The maximum atomic E-state index is 14.1. The average molecular weight is 739 g/mol. The predicted octanol–water partition coefficient (Wildman–Crippen LogP) is 7.10. The van der Waals surface area contributed by atoms with Gasteiger partial charge in [-0.15, -0.1) is 0 Å². The normalized spacial score (nSPS) is 23.0. The molecule has 3 saturated heterocycles. The average Bonchev–Trinajstić information content (AvgIpc) is 3.65. The lowest BCUT2D eigenvalue weighted by Gasteiger charge is -2.44. The predicted molar refractivity (Wildman–Crippen MR) is 183 cm³/mol. The molecule has 1 amide bonds. The Bertz CT molecular complexity index is 1900. The number of hydrogen-bond donors (Lipinski definition) is 2. The third-order valence-corrected chi connectivity index (χ3v) is 10.3. The molecule has 280 valence electrons. The van der Waals surface area contributed by atoms with Gasteiger partial charge in [0.2, 0.25) is 5.82 Å². The summed E-state index contributed by atoms with van der Waals surface area (Å²) in [7, 11) is 0. The molecule has 0 unspecified atom stereocenters. The SMILES string of the molecule is C[C@H]1[C@@H](CN2CCC3(CC2)OCCO3)O[C@@H](c2ccc(-c3cccc(CNC(=O)c4c(F)c(F)c(F)c(F)c4F)c3)cc2)O[C@H]1c1ccc(CO)cc1. The molecular formula is C40H39F5N2O6. The molecule has 13 heteroatoms. The number of carbonyl (C=O) groups is 1. The van der Waals surface area contributed by atoms with Crippen molar-refractivity contribution < 1.29 is 50.8 Å². The summed E-state index contributed by atoms with van der Waals surface area (Å²) in [6, 6.07) is 22.3. The Morgan fingerprint density at radius 3 is 2.06 bits per heavy atom. The van der Waals surface area contributed by atoms with Crippen molar-refractivity contribution >= 4 is 5.91 Å². The van der Waals surface area contributed by atoms with Crippen LogP contribution in [0.1, 0.15) is 64.8 Å². The number of carbonyl (C=O) groups excluding carboxylic acids is 1. The highest BCUT2D eigenvalue weighted by atomic mass is 19.2. The molecule has 0 saturated carbocycles. The lowest BCUT2D eigenvalue weighted by atomic mass is 9.89. The number of ether oxygens (including phenoxy) is 4. The zero-order valence-electron chi connectivity index (χ0n) is 28.9. The molecule has 4 aromatic carbocycles. The minimum atomic E-state index is -2.33. The Balaban J connectivity index is 1.06. The van der Waals surface area contributed by atoms with Gasteiger partial charge < -0.3 is 34.3 Å². The summed E-state index contributed by atoms with van der Waals surface area (Å²) in [5.41, 5.74) is 3.17. The maximum absolute atomic E-state index is 14.1. The standard InChI is InChI=1S/C40H39F5N2O6/c1-23-30(21-47-15-13-40(14-16-47)50-17-18-51-40)52-39(53-37(23)27-7-5-24(22-48)6-8-27)28-11-9-26(10-12-28)29-4-2-3-25(19-29)20-46-38(49)31-32(41)34(43)36(45)35(44)33(31)42/h2-12,19,23,30,37,39,48H,13-18,20-22H2,1H3,(H,46,49)/t23-,30+,37+,39+/m0/s1. The van der Waals surface area contributed by atoms with Crippen LogP contribution in [0.15, 0.2) is 72.8 Å². The first-order chi connectivity index (χ1) is 25.6. The molecule has 0 aromatic heterocycles. The number of aliphatic hydroxyl groups is 1. The molecule has 8 nitrogen and oxygen atoms in total. The van der Waals surface area contributed by atoms with Crippen molar-refractivity contribution in [2.75, 3.05) is 32.8 Å². The highest BCUT2D eigenvalue weighted by molar-refractivity contribution is 5.94. The summed E-state index contributed by atoms with van der Waals surface area (Å²) in [5.74, 6) is -13.0. The van der Waals surface area contributed by atoms with Gasteiger partial charge in [0.25, 0.3) is 5.91 Å². The zero-order chi connectivity index (χ0) is 37.3. The minimum Gasteiger partial charge on any atom is -0.392 e. The van der Waals surface area contributed by atoms with E-state index in [2.05, 4.69) is 17.1 Å². The Labute approximate surface area is 303 Å². The van der Waals surface area contributed by atoms with Gasteiger partial charge in [0, 0.05) is 50.5 Å². The van der Waals surface area contributed by atoms with Crippen LogP contribution < -0.4 is 5.32 Å². The van der Waals surface area contributed by atoms with Crippen molar-refractivity contribution in [3.8, 4) is 11.1 Å². The van der Waals surface area contributed by atoms with E-state index >= 15 is 0 Å². The van der Waals surface area contributed by atoms with Gasteiger partial charge in [-0.05, 0) is 33.9 Å². The Hall–Kier alpha value is -4.24. The van der Waals surface area contributed by atoms with E-state index in [1.807, 2.05) is 54.6 Å². The Morgan fingerprint density at radius 2 is 1.42 bits per heavy atom. The van der Waals surface area contributed by atoms with Crippen molar-refractivity contribution in [1.82, 2.24) is 10.2 Å². The smallest absolute Gasteiger partial charge is 0.257 e. The molecule has 3 heterocycles. The monoisotopic (exact) mass is 738 g/mol. The van der Waals surface area contributed by atoms with E-state index in [1.54, 1.807) is 18.2 Å². The van der Waals surface area contributed by atoms with Crippen molar-refractivity contribution in [3.63, 3.8) is 0 Å². The quantitative estimate of drug-likeness (QED) is 0.108. The van der Waals surface area contributed by atoms with Gasteiger partial charge >= 0.3 is 0 Å². The van der Waals surface area contributed by atoms with Crippen LogP contribution >= 0.6 is 0 Å². The van der Waals surface area contributed by atoms with Crippen molar-refractivity contribution in [2.24, 2.45) is 5.92 Å². The number of piperidine rings is 1. The number of aliphatic hydroxyl groups excluding tert-OH is 1. The first-order valence-electron chi connectivity index (χ1n) is 17.6. The summed E-state index contributed by atoms with van der Waals surface area (Å²) in [6.45, 7) is 5.43. The summed E-state index contributed by atoms with van der Waals surface area (Å²) in [5, 5.41) is 11.8. The highest BCUT2D eigenvalue weighted by Crippen LogP contribution is 2.43. The topological polar surface area (TPSA) is 89.5 Å². The molecule has 1 spiro atoms. The molecule has 3 aliphatic heterocycles. The van der Waals surface area contributed by atoms with Crippen LogP contribution in [0.3, 0.4) is 0 Å². The van der Waals surface area contributed by atoms with E-state index in [0.717, 1.165) is 53.7 Å². The van der Waals surface area contributed by atoms with Crippen LogP contribution in [0, 0.1) is 35.0 Å². The van der Waals surface area contributed by atoms with Gasteiger partial charge in [-0.25, -0.2) is 22.0 Å². The van der Waals surface area contributed by atoms with Crippen LogP contribution in [0.5, 0.6) is 0 Å². The number of amides is 1. The summed E-state index contributed by atoms with van der Waals surface area (Å²) in [4.78, 5) is 14.9. The van der Waals surface area contributed by atoms with Crippen LogP contribution in [0.2, 0.25) is 0 Å². The minimum absolute atomic E-state index is 0.0117. The zero-order valence-corrected chi connectivity index (χ0v) is 28.9. The molecule has 4 atom stereocenters. The van der Waals surface area contributed by atoms with E-state index in [9.17, 15) is 31.9 Å². The van der Waals surface area contributed by atoms with E-state index in [4.69, 9.17) is 18.9 Å². The fraction of sp³-hybridized carbons (Fsp3) is 0.375. The van der Waals surface area contributed by atoms with Crippen LogP contribution in [-0.4, -0.2) is 60.7 Å². The first-order valence-corrected chi connectivity index (χ1v) is 17.6. The lowest BCUT2D eigenvalue weighted by molar-refractivity contribution is -0.278. The fourth-order valence-electron chi connectivity index (χ4n) is 7.21. The van der Waals surface area contributed by atoms with E-state index in [-0.39, 0.29) is 31.3 Å². The van der Waals surface area contributed by atoms with E-state index in [1.165, 1.54) is 0 Å². The summed E-state index contributed by atoms with van der Waals surface area (Å²) < 4.78 is 94.2. The summed E-state index contributed by atoms with van der Waals surface area (Å²) >= 11 is 0. The van der Waals surface area contributed by atoms with Crippen molar-refractivity contribution in [3.05, 3.63) is 130 Å². The largest absolute Gasteiger partial charge is 0.392 e. The molecular weight excluding hydrogens is 699 g/mol. The number of benzene rings is 4. The number of halogens is 5. The number of rotatable bonds is 9. The van der Waals surface area contributed by atoms with Gasteiger partial charge in [0.05, 0.1) is 32.0 Å². The number of hydrogen-bond acceptors (Lipinski definition) is 7. The fourth-order valence-corrected chi connectivity index (χ4v) is 7.21. The van der Waals surface area contributed by atoms with E-state index in [0.29, 0.717) is 25.3 Å². The van der Waals surface area contributed by atoms with Gasteiger partial charge in [-0.1, -0.05) is 73.7 Å².